The summed E-state index contributed by atoms with van der Waals surface area (Å²) in [5, 5.41) is 11.8. The minimum Gasteiger partial charge on any atom is -0.478 e. The second kappa shape index (κ2) is 7.19. The van der Waals surface area contributed by atoms with Crippen molar-refractivity contribution >= 4 is 11.6 Å². The SMILES string of the molecule is OCC[N+]1(N2CCOC(=Nc3ccccc3)C2)CCOCC1. The molecule has 0 bridgehead atoms. The number of aliphatic hydroxyl groups excluding tert-OH is 1. The number of morpholine rings is 2. The zero-order chi connectivity index (χ0) is 15.3. The van der Waals surface area contributed by atoms with Gasteiger partial charge in [-0.25, -0.2) is 9.58 Å². The van der Waals surface area contributed by atoms with Crippen molar-refractivity contribution in [2.45, 2.75) is 0 Å². The van der Waals surface area contributed by atoms with Crippen LogP contribution in [0.15, 0.2) is 35.3 Å². The summed E-state index contributed by atoms with van der Waals surface area (Å²) in [7, 11) is 0. The van der Waals surface area contributed by atoms with Crippen LogP contribution in [-0.4, -0.2) is 79.8 Å². The molecule has 2 heterocycles. The number of benzene rings is 1. The lowest BCUT2D eigenvalue weighted by molar-refractivity contribution is -1.04. The smallest absolute Gasteiger partial charge is 0.208 e. The molecule has 0 atom stereocenters. The fourth-order valence-corrected chi connectivity index (χ4v) is 3.14. The van der Waals surface area contributed by atoms with Gasteiger partial charge in [0.2, 0.25) is 5.90 Å². The van der Waals surface area contributed by atoms with Crippen LogP contribution in [0.25, 0.3) is 0 Å². The predicted octanol–water partition coefficient (Wildman–Crippen LogP) is 0.803. The topological polar surface area (TPSA) is 54.3 Å². The highest BCUT2D eigenvalue weighted by Gasteiger charge is 2.39. The zero-order valence-electron chi connectivity index (χ0n) is 12.9. The summed E-state index contributed by atoms with van der Waals surface area (Å²) >= 11 is 0. The summed E-state index contributed by atoms with van der Waals surface area (Å²) < 4.78 is 12.0. The summed E-state index contributed by atoms with van der Waals surface area (Å²) in [5.74, 6) is 0.749. The maximum atomic E-state index is 9.47. The molecule has 22 heavy (non-hydrogen) atoms. The minimum absolute atomic E-state index is 0.183. The first-order valence-electron chi connectivity index (χ1n) is 7.88. The summed E-state index contributed by atoms with van der Waals surface area (Å²) in [5.41, 5.74) is 0.912. The third kappa shape index (κ3) is 3.47. The number of quaternary nitrogens is 1. The van der Waals surface area contributed by atoms with Crippen LogP contribution >= 0.6 is 0 Å². The number of hydrogen-bond donors (Lipinski definition) is 1. The van der Waals surface area contributed by atoms with Gasteiger partial charge in [0, 0.05) is 0 Å². The molecular weight excluding hydrogens is 282 g/mol. The Labute approximate surface area is 131 Å². The predicted molar refractivity (Wildman–Crippen MR) is 83.8 cm³/mol. The summed E-state index contributed by atoms with van der Waals surface area (Å²) in [6, 6.07) is 9.88. The van der Waals surface area contributed by atoms with Gasteiger partial charge in [0.25, 0.3) is 0 Å². The van der Waals surface area contributed by atoms with Gasteiger partial charge in [0.15, 0.2) is 0 Å². The van der Waals surface area contributed by atoms with E-state index in [0.29, 0.717) is 13.2 Å². The van der Waals surface area contributed by atoms with Crippen molar-refractivity contribution in [1.29, 1.82) is 0 Å². The zero-order valence-corrected chi connectivity index (χ0v) is 12.9. The molecule has 2 saturated heterocycles. The first-order chi connectivity index (χ1) is 10.8. The number of aliphatic imine (C=N–C) groups is 1. The Hall–Kier alpha value is -1.47. The van der Waals surface area contributed by atoms with Gasteiger partial charge in [-0.05, 0) is 12.1 Å². The second-order valence-electron chi connectivity index (χ2n) is 5.68. The lowest BCUT2D eigenvalue weighted by atomic mass is 10.3. The van der Waals surface area contributed by atoms with Crippen molar-refractivity contribution in [3.8, 4) is 0 Å². The molecule has 2 aliphatic rings. The Kier molecular flexibility index (Phi) is 5.04. The molecule has 0 amide bonds. The fraction of sp³-hybridized carbons (Fsp3) is 0.562. The van der Waals surface area contributed by atoms with Crippen LogP contribution in [0.5, 0.6) is 0 Å². The van der Waals surface area contributed by atoms with E-state index in [4.69, 9.17) is 9.47 Å². The molecule has 6 heteroatoms. The Balaban J connectivity index is 1.75. The molecule has 0 aromatic heterocycles. The van der Waals surface area contributed by atoms with Gasteiger partial charge >= 0.3 is 0 Å². The third-order valence-corrected chi connectivity index (χ3v) is 4.37. The maximum Gasteiger partial charge on any atom is 0.208 e. The van der Waals surface area contributed by atoms with E-state index in [1.54, 1.807) is 0 Å². The molecular formula is C16H24N3O3+. The molecule has 2 fully saturated rings. The van der Waals surface area contributed by atoms with Crippen LogP contribution in [0.1, 0.15) is 0 Å². The van der Waals surface area contributed by atoms with Crippen LogP contribution in [0.3, 0.4) is 0 Å². The largest absolute Gasteiger partial charge is 0.478 e. The molecule has 3 rings (SSSR count). The van der Waals surface area contributed by atoms with Gasteiger partial charge in [-0.1, -0.05) is 18.2 Å². The highest BCUT2D eigenvalue weighted by atomic mass is 16.5. The minimum atomic E-state index is 0.183. The van der Waals surface area contributed by atoms with Crippen LogP contribution in [-0.2, 0) is 9.47 Å². The first-order valence-corrected chi connectivity index (χ1v) is 7.88. The highest BCUT2D eigenvalue weighted by Crippen LogP contribution is 2.20. The molecule has 0 aliphatic carbocycles. The summed E-state index contributed by atoms with van der Waals surface area (Å²) in [6.07, 6.45) is 0. The average Bonchev–Trinajstić information content (AvgIpc) is 2.57. The van der Waals surface area contributed by atoms with Crippen LogP contribution < -0.4 is 0 Å². The number of hydrogen-bond acceptors (Lipinski definition) is 5. The number of para-hydroxylation sites is 1. The van der Waals surface area contributed by atoms with E-state index < -0.39 is 0 Å². The molecule has 120 valence electrons. The van der Waals surface area contributed by atoms with Gasteiger partial charge in [0.05, 0.1) is 32.1 Å². The molecule has 1 aromatic rings. The van der Waals surface area contributed by atoms with E-state index >= 15 is 0 Å². The molecule has 0 radical (unpaired) electrons. The number of aliphatic hydroxyl groups is 1. The van der Waals surface area contributed by atoms with Gasteiger partial charge in [-0.15, -0.1) is 5.01 Å². The quantitative estimate of drug-likeness (QED) is 0.836. The third-order valence-electron chi connectivity index (χ3n) is 4.37. The average molecular weight is 306 g/mol. The highest BCUT2D eigenvalue weighted by molar-refractivity contribution is 5.81. The molecule has 2 aliphatic heterocycles. The number of ether oxygens (including phenoxy) is 2. The summed E-state index contributed by atoms with van der Waals surface area (Å²) in [6.45, 7) is 6.36. The fourth-order valence-electron chi connectivity index (χ4n) is 3.14. The number of rotatable bonds is 4. The monoisotopic (exact) mass is 306 g/mol. The Morgan fingerprint density at radius 3 is 2.64 bits per heavy atom. The van der Waals surface area contributed by atoms with E-state index in [1.807, 2.05) is 30.3 Å². The van der Waals surface area contributed by atoms with Crippen molar-refractivity contribution < 1.29 is 19.2 Å². The number of nitrogens with zero attached hydrogens (tertiary/aromatic N) is 3. The van der Waals surface area contributed by atoms with Crippen molar-refractivity contribution in [2.75, 3.05) is 59.2 Å². The van der Waals surface area contributed by atoms with E-state index in [2.05, 4.69) is 10.0 Å². The van der Waals surface area contributed by atoms with Crippen LogP contribution in [0.4, 0.5) is 5.69 Å². The van der Waals surface area contributed by atoms with Crippen molar-refractivity contribution in [3.05, 3.63) is 30.3 Å². The molecule has 1 aromatic carbocycles. The standard InChI is InChI=1S/C16H24N3O3/c20-10-7-19(8-12-21-13-9-19)18-6-11-22-16(14-18)17-15-4-2-1-3-5-15/h1-5,20H,6-14H2/q+1. The van der Waals surface area contributed by atoms with Crippen molar-refractivity contribution in [3.63, 3.8) is 0 Å². The van der Waals surface area contributed by atoms with E-state index in [0.717, 1.165) is 55.6 Å². The van der Waals surface area contributed by atoms with E-state index in [-0.39, 0.29) is 6.61 Å². The molecule has 0 unspecified atom stereocenters. The summed E-state index contributed by atoms with van der Waals surface area (Å²) in [4.78, 5) is 4.60. The Morgan fingerprint density at radius 1 is 1.14 bits per heavy atom. The molecule has 1 N–H and O–H groups in total. The van der Waals surface area contributed by atoms with Gasteiger partial charge in [-0.3, -0.25) is 0 Å². The van der Waals surface area contributed by atoms with Crippen molar-refractivity contribution in [2.24, 2.45) is 4.99 Å². The van der Waals surface area contributed by atoms with Crippen LogP contribution in [0.2, 0.25) is 0 Å². The van der Waals surface area contributed by atoms with E-state index in [1.165, 1.54) is 0 Å². The molecule has 0 saturated carbocycles. The second-order valence-corrected chi connectivity index (χ2v) is 5.68. The lowest BCUT2D eigenvalue weighted by Gasteiger charge is -2.48. The Morgan fingerprint density at radius 2 is 1.91 bits per heavy atom. The normalized spacial score (nSPS) is 24.1. The van der Waals surface area contributed by atoms with Gasteiger partial charge in [0.1, 0.15) is 32.8 Å². The van der Waals surface area contributed by atoms with Gasteiger partial charge in [-0.2, -0.15) is 0 Å². The van der Waals surface area contributed by atoms with Crippen molar-refractivity contribution in [1.82, 2.24) is 5.01 Å². The van der Waals surface area contributed by atoms with Crippen LogP contribution in [0, 0.1) is 0 Å². The Bertz CT molecular complexity index is 495. The first kappa shape index (κ1) is 15.4. The maximum absolute atomic E-state index is 9.47. The van der Waals surface area contributed by atoms with E-state index in [9.17, 15) is 5.11 Å². The van der Waals surface area contributed by atoms with Gasteiger partial charge < -0.3 is 14.6 Å². The molecule has 6 nitrogen and oxygen atoms in total. The molecule has 0 spiro atoms. The lowest BCUT2D eigenvalue weighted by Crippen LogP contribution is -2.68.